The third kappa shape index (κ3) is 4.35. The Balaban J connectivity index is 1.43. The number of aryl methyl sites for hydroxylation is 1. The second-order valence-corrected chi connectivity index (χ2v) is 7.15. The van der Waals surface area contributed by atoms with Gasteiger partial charge in [0, 0.05) is 37.8 Å². The van der Waals surface area contributed by atoms with Gasteiger partial charge in [-0.2, -0.15) is 0 Å². The number of hydrogen-bond acceptors (Lipinski definition) is 3. The molecule has 0 aromatic heterocycles. The maximum atomic E-state index is 12.2. The molecule has 2 fully saturated rings. The summed E-state index contributed by atoms with van der Waals surface area (Å²) < 4.78 is 0. The van der Waals surface area contributed by atoms with E-state index in [1.807, 2.05) is 43.1 Å². The normalized spacial score (nSPS) is 19.1. The largest absolute Gasteiger partial charge is 0.342 e. The zero-order valence-corrected chi connectivity index (χ0v) is 14.6. The minimum Gasteiger partial charge on any atom is -0.342 e. The van der Waals surface area contributed by atoms with Gasteiger partial charge < -0.3 is 10.2 Å². The molecule has 1 aliphatic heterocycles. The van der Waals surface area contributed by atoms with Gasteiger partial charge in [-0.3, -0.25) is 14.5 Å². The molecular formula is C19H27N3O2. The van der Waals surface area contributed by atoms with E-state index in [4.69, 9.17) is 0 Å². The van der Waals surface area contributed by atoms with E-state index in [0.29, 0.717) is 18.5 Å². The van der Waals surface area contributed by atoms with E-state index in [1.54, 1.807) is 0 Å². The average Bonchev–Trinajstić information content (AvgIpc) is 3.39. The molecule has 1 heterocycles. The molecule has 0 unspecified atom stereocenters. The first kappa shape index (κ1) is 17.0. The zero-order valence-electron chi connectivity index (χ0n) is 14.6. The lowest BCUT2D eigenvalue weighted by Gasteiger charge is -2.36. The number of piperidine rings is 1. The van der Waals surface area contributed by atoms with Crippen LogP contribution in [0.15, 0.2) is 24.3 Å². The quantitative estimate of drug-likeness (QED) is 0.901. The van der Waals surface area contributed by atoms with Crippen LogP contribution in [0.5, 0.6) is 0 Å². The van der Waals surface area contributed by atoms with Crippen molar-refractivity contribution in [3.05, 3.63) is 29.8 Å². The summed E-state index contributed by atoms with van der Waals surface area (Å²) in [5.74, 6) is 0.625. The molecule has 0 spiro atoms. The Morgan fingerprint density at radius 2 is 1.92 bits per heavy atom. The summed E-state index contributed by atoms with van der Waals surface area (Å²) in [5, 5.41) is 2.96. The van der Waals surface area contributed by atoms with Gasteiger partial charge in [0.25, 0.3) is 0 Å². The topological polar surface area (TPSA) is 52.7 Å². The fourth-order valence-electron chi connectivity index (χ4n) is 3.39. The average molecular weight is 329 g/mol. The van der Waals surface area contributed by atoms with Crippen molar-refractivity contribution in [2.24, 2.45) is 5.92 Å². The number of likely N-dealkylation sites (tertiary alicyclic amines) is 1. The highest BCUT2D eigenvalue weighted by atomic mass is 16.2. The second kappa shape index (κ2) is 7.34. The number of anilines is 1. The van der Waals surface area contributed by atoms with Gasteiger partial charge in [-0.05, 0) is 50.3 Å². The van der Waals surface area contributed by atoms with Crippen LogP contribution in [0.1, 0.15) is 31.2 Å². The fraction of sp³-hybridized carbons (Fsp3) is 0.579. The van der Waals surface area contributed by atoms with Gasteiger partial charge in [0.05, 0.1) is 6.54 Å². The molecule has 1 aromatic rings. The van der Waals surface area contributed by atoms with Crippen molar-refractivity contribution >= 4 is 17.5 Å². The van der Waals surface area contributed by atoms with Crippen molar-refractivity contribution in [1.82, 2.24) is 9.80 Å². The molecule has 3 rings (SSSR count). The molecule has 2 aliphatic rings. The molecule has 5 nitrogen and oxygen atoms in total. The molecule has 1 aliphatic carbocycles. The van der Waals surface area contributed by atoms with E-state index in [1.165, 1.54) is 0 Å². The molecule has 1 N–H and O–H groups in total. The number of nitrogens with one attached hydrogen (secondary N) is 1. The Kier molecular flexibility index (Phi) is 5.19. The van der Waals surface area contributed by atoms with Crippen LogP contribution in [0, 0.1) is 12.8 Å². The number of amides is 2. The van der Waals surface area contributed by atoms with Crippen LogP contribution in [0.3, 0.4) is 0 Å². The highest BCUT2D eigenvalue weighted by Gasteiger charge is 2.35. The van der Waals surface area contributed by atoms with Crippen molar-refractivity contribution < 1.29 is 9.59 Å². The zero-order chi connectivity index (χ0) is 17.1. The molecular weight excluding hydrogens is 302 g/mol. The van der Waals surface area contributed by atoms with Gasteiger partial charge >= 0.3 is 0 Å². The molecule has 24 heavy (non-hydrogen) atoms. The molecule has 130 valence electrons. The van der Waals surface area contributed by atoms with Crippen LogP contribution in [0.25, 0.3) is 0 Å². The molecule has 0 bridgehead atoms. The van der Waals surface area contributed by atoms with Crippen molar-refractivity contribution in [1.29, 1.82) is 0 Å². The summed E-state index contributed by atoms with van der Waals surface area (Å²) in [6.45, 7) is 4.17. The smallest absolute Gasteiger partial charge is 0.238 e. The summed E-state index contributed by atoms with van der Waals surface area (Å²) in [7, 11) is 1.94. The number of carbonyl (C=O) groups excluding carboxylic acids is 2. The second-order valence-electron chi connectivity index (χ2n) is 7.15. The third-order valence-corrected chi connectivity index (χ3v) is 5.05. The lowest BCUT2D eigenvalue weighted by molar-refractivity contribution is -0.134. The highest BCUT2D eigenvalue weighted by molar-refractivity contribution is 5.92. The van der Waals surface area contributed by atoms with Gasteiger partial charge in [0.1, 0.15) is 0 Å². The van der Waals surface area contributed by atoms with E-state index >= 15 is 0 Å². The van der Waals surface area contributed by atoms with E-state index in [0.717, 1.165) is 50.0 Å². The van der Waals surface area contributed by atoms with Crippen LogP contribution in [0.4, 0.5) is 5.69 Å². The van der Waals surface area contributed by atoms with Crippen molar-refractivity contribution in [3.63, 3.8) is 0 Å². The van der Waals surface area contributed by atoms with Gasteiger partial charge in [-0.1, -0.05) is 12.1 Å². The van der Waals surface area contributed by atoms with Gasteiger partial charge in [-0.25, -0.2) is 0 Å². The van der Waals surface area contributed by atoms with E-state index in [2.05, 4.69) is 10.2 Å². The molecule has 2 amide bonds. The van der Waals surface area contributed by atoms with Gasteiger partial charge in [0.15, 0.2) is 0 Å². The van der Waals surface area contributed by atoms with Crippen LogP contribution in [0.2, 0.25) is 0 Å². The van der Waals surface area contributed by atoms with Gasteiger partial charge in [0.2, 0.25) is 11.8 Å². The van der Waals surface area contributed by atoms with Crippen LogP contribution in [-0.4, -0.2) is 54.3 Å². The maximum Gasteiger partial charge on any atom is 0.238 e. The molecule has 1 saturated heterocycles. The lowest BCUT2D eigenvalue weighted by atomic mass is 10.0. The molecule has 5 heteroatoms. The SMILES string of the molecule is Cc1cccc(NC(=O)CN2CCC(N(C)C(=O)C3CC3)CC2)c1. The highest BCUT2D eigenvalue weighted by Crippen LogP contribution is 2.32. The predicted octanol–water partition coefficient (Wildman–Crippen LogP) is 2.27. The van der Waals surface area contributed by atoms with Crippen molar-refractivity contribution in [3.8, 4) is 0 Å². The molecule has 1 saturated carbocycles. The number of carbonyl (C=O) groups is 2. The number of benzene rings is 1. The fourth-order valence-corrected chi connectivity index (χ4v) is 3.39. The maximum absolute atomic E-state index is 12.2. The summed E-state index contributed by atoms with van der Waals surface area (Å²) in [6, 6.07) is 8.18. The van der Waals surface area contributed by atoms with E-state index < -0.39 is 0 Å². The summed E-state index contributed by atoms with van der Waals surface area (Å²) in [5.41, 5.74) is 1.99. The first-order valence-electron chi connectivity index (χ1n) is 8.88. The van der Waals surface area contributed by atoms with E-state index in [-0.39, 0.29) is 11.8 Å². The Morgan fingerprint density at radius 1 is 1.21 bits per heavy atom. The summed E-state index contributed by atoms with van der Waals surface area (Å²) >= 11 is 0. The minimum atomic E-state index is 0.0291. The number of nitrogens with zero attached hydrogens (tertiary/aromatic N) is 2. The van der Waals surface area contributed by atoms with Crippen LogP contribution in [-0.2, 0) is 9.59 Å². The first-order chi connectivity index (χ1) is 11.5. The lowest BCUT2D eigenvalue weighted by Crippen LogP contribution is -2.47. The number of rotatable bonds is 5. The number of hydrogen-bond donors (Lipinski definition) is 1. The first-order valence-corrected chi connectivity index (χ1v) is 8.88. The van der Waals surface area contributed by atoms with E-state index in [9.17, 15) is 9.59 Å². The third-order valence-electron chi connectivity index (χ3n) is 5.05. The van der Waals surface area contributed by atoms with Crippen molar-refractivity contribution in [2.45, 2.75) is 38.6 Å². The predicted molar refractivity (Wildman–Crippen MR) is 94.8 cm³/mol. The van der Waals surface area contributed by atoms with Crippen LogP contribution >= 0.6 is 0 Å². The summed E-state index contributed by atoms with van der Waals surface area (Å²) in [4.78, 5) is 28.5. The Hall–Kier alpha value is -1.88. The Morgan fingerprint density at radius 3 is 2.54 bits per heavy atom. The van der Waals surface area contributed by atoms with Crippen molar-refractivity contribution in [2.75, 3.05) is 32.0 Å². The standard InChI is InChI=1S/C19H27N3O2/c1-14-4-3-5-16(12-14)20-18(23)13-22-10-8-17(9-11-22)21(2)19(24)15-6-7-15/h3-5,12,15,17H,6-11,13H2,1-2H3,(H,20,23). The Labute approximate surface area is 144 Å². The minimum absolute atomic E-state index is 0.0291. The van der Waals surface area contributed by atoms with Gasteiger partial charge in [-0.15, -0.1) is 0 Å². The molecule has 1 aromatic carbocycles. The van der Waals surface area contributed by atoms with Crippen LogP contribution < -0.4 is 5.32 Å². The monoisotopic (exact) mass is 329 g/mol. The molecule has 0 radical (unpaired) electrons. The Bertz CT molecular complexity index is 604. The summed E-state index contributed by atoms with van der Waals surface area (Å²) in [6.07, 6.45) is 4.02. The molecule has 0 atom stereocenters.